The fourth-order valence-electron chi connectivity index (χ4n) is 6.69. The van der Waals surface area contributed by atoms with Gasteiger partial charge >= 0.3 is 0 Å². The van der Waals surface area contributed by atoms with Crippen molar-refractivity contribution in [2.24, 2.45) is 0 Å². The number of ketones is 1. The summed E-state index contributed by atoms with van der Waals surface area (Å²) in [5, 5.41) is 2.63. The highest BCUT2D eigenvalue weighted by Gasteiger charge is 2.36. The van der Waals surface area contributed by atoms with E-state index in [9.17, 15) is 4.79 Å². The van der Waals surface area contributed by atoms with E-state index in [4.69, 9.17) is 0 Å². The van der Waals surface area contributed by atoms with Crippen LogP contribution in [0.25, 0.3) is 53.6 Å². The van der Waals surface area contributed by atoms with Gasteiger partial charge in [-0.3, -0.25) is 4.79 Å². The van der Waals surface area contributed by atoms with Gasteiger partial charge in [-0.2, -0.15) is 0 Å². The molecule has 2 heteroatoms. The molecule has 1 nitrogen and oxygen atoms in total. The SMILES string of the molecule is CC1(C)c2ccccc2C(=O)c2cc(-c3cccc(-c4cccc(-c5cccc6c5sc5ccccc56)c4)c3)ccc21. The van der Waals surface area contributed by atoms with Gasteiger partial charge in [0.15, 0.2) is 5.78 Å². The zero-order chi connectivity index (χ0) is 28.4. The van der Waals surface area contributed by atoms with Crippen LogP contribution in [0, 0.1) is 0 Å². The molecule has 0 fully saturated rings. The molecule has 8 rings (SSSR count). The summed E-state index contributed by atoms with van der Waals surface area (Å²) in [6.07, 6.45) is 0. The first kappa shape index (κ1) is 25.0. The van der Waals surface area contributed by atoms with Gasteiger partial charge in [-0.15, -0.1) is 11.3 Å². The summed E-state index contributed by atoms with van der Waals surface area (Å²) in [5.74, 6) is 0.112. The number of hydrogen-bond donors (Lipinski definition) is 0. The van der Waals surface area contributed by atoms with Crippen LogP contribution in [0.4, 0.5) is 0 Å². The van der Waals surface area contributed by atoms with Crippen molar-refractivity contribution in [3.8, 4) is 33.4 Å². The number of rotatable bonds is 3. The van der Waals surface area contributed by atoms with Crippen LogP contribution in [-0.2, 0) is 5.41 Å². The fourth-order valence-corrected chi connectivity index (χ4v) is 7.93. The topological polar surface area (TPSA) is 17.1 Å². The second-order valence-corrected chi connectivity index (χ2v) is 12.8. The van der Waals surface area contributed by atoms with Crippen molar-refractivity contribution in [3.05, 3.63) is 156 Å². The van der Waals surface area contributed by atoms with Gasteiger partial charge in [0.1, 0.15) is 0 Å². The number of hydrogen-bond acceptors (Lipinski definition) is 2. The lowest BCUT2D eigenvalue weighted by molar-refractivity contribution is 0.103. The quantitative estimate of drug-likeness (QED) is 0.212. The van der Waals surface area contributed by atoms with Crippen LogP contribution in [-0.4, -0.2) is 5.78 Å². The molecule has 0 radical (unpaired) electrons. The summed E-state index contributed by atoms with van der Waals surface area (Å²) in [6, 6.07) is 47.2. The second kappa shape index (κ2) is 9.37. The molecule has 0 spiro atoms. The van der Waals surface area contributed by atoms with Gasteiger partial charge in [0, 0.05) is 36.7 Å². The molecule has 200 valence electrons. The Morgan fingerprint density at radius 2 is 1.05 bits per heavy atom. The van der Waals surface area contributed by atoms with E-state index in [1.54, 1.807) is 0 Å². The van der Waals surface area contributed by atoms with E-state index in [1.807, 2.05) is 29.5 Å². The highest BCUT2D eigenvalue weighted by atomic mass is 32.1. The Kier molecular flexibility index (Phi) is 5.57. The summed E-state index contributed by atoms with van der Waals surface area (Å²) >= 11 is 1.86. The molecular formula is C40H28OS. The first-order valence-electron chi connectivity index (χ1n) is 14.4. The normalized spacial score (nSPS) is 13.7. The van der Waals surface area contributed by atoms with Crippen molar-refractivity contribution in [2.45, 2.75) is 19.3 Å². The average Bonchev–Trinajstić information content (AvgIpc) is 3.43. The van der Waals surface area contributed by atoms with Crippen LogP contribution in [0.5, 0.6) is 0 Å². The number of thiophene rings is 1. The minimum Gasteiger partial charge on any atom is -0.289 e. The third kappa shape index (κ3) is 3.79. The van der Waals surface area contributed by atoms with E-state index in [2.05, 4.69) is 129 Å². The Bertz CT molecular complexity index is 2200. The summed E-state index contributed by atoms with van der Waals surface area (Å²) in [4.78, 5) is 13.6. The van der Waals surface area contributed by atoms with Crippen molar-refractivity contribution in [1.29, 1.82) is 0 Å². The molecule has 0 amide bonds. The van der Waals surface area contributed by atoms with Gasteiger partial charge in [-0.1, -0.05) is 123 Å². The first-order valence-corrected chi connectivity index (χ1v) is 15.2. The van der Waals surface area contributed by atoms with E-state index in [1.165, 1.54) is 36.9 Å². The minimum atomic E-state index is -0.224. The number of benzene rings is 6. The zero-order valence-corrected chi connectivity index (χ0v) is 24.3. The number of carbonyl (C=O) groups excluding carboxylic acids is 1. The van der Waals surface area contributed by atoms with Gasteiger partial charge in [-0.25, -0.2) is 0 Å². The molecule has 0 N–H and O–H groups in total. The maximum Gasteiger partial charge on any atom is 0.193 e. The first-order chi connectivity index (χ1) is 20.5. The smallest absolute Gasteiger partial charge is 0.193 e. The van der Waals surface area contributed by atoms with Gasteiger partial charge in [0.05, 0.1) is 0 Å². The average molecular weight is 557 g/mol. The standard InChI is InChI=1S/C40H28OS/c1-40(2)35-18-5-3-15-33(35)38(41)34-24-28(20-21-36(34)40)26-11-7-10-25(22-26)27-12-8-13-29(23-27)30-16-9-17-32-31-14-4-6-19-37(31)42-39(30)32/h3-24H,1-2H3. The number of fused-ring (bicyclic) bond motifs is 5. The van der Waals surface area contributed by atoms with Crippen LogP contribution in [0.1, 0.15) is 40.9 Å². The highest BCUT2D eigenvalue weighted by Crippen LogP contribution is 2.43. The van der Waals surface area contributed by atoms with Gasteiger partial charge in [0.2, 0.25) is 0 Å². The molecule has 0 aliphatic heterocycles. The Morgan fingerprint density at radius 3 is 1.86 bits per heavy atom. The summed E-state index contributed by atoms with van der Waals surface area (Å²) in [5.41, 5.74) is 10.6. The van der Waals surface area contributed by atoms with Crippen LogP contribution in [0.2, 0.25) is 0 Å². The molecule has 0 saturated carbocycles. The fraction of sp³-hybridized carbons (Fsp3) is 0.0750. The monoisotopic (exact) mass is 556 g/mol. The minimum absolute atomic E-state index is 0.112. The molecule has 1 heterocycles. The van der Waals surface area contributed by atoms with E-state index in [-0.39, 0.29) is 11.2 Å². The van der Waals surface area contributed by atoms with Crippen molar-refractivity contribution in [2.75, 3.05) is 0 Å². The van der Waals surface area contributed by atoms with E-state index >= 15 is 0 Å². The molecule has 0 saturated heterocycles. The Labute approximate surface area is 249 Å². The Morgan fingerprint density at radius 1 is 0.476 bits per heavy atom. The predicted molar refractivity (Wildman–Crippen MR) is 178 cm³/mol. The summed E-state index contributed by atoms with van der Waals surface area (Å²) in [7, 11) is 0. The maximum absolute atomic E-state index is 13.6. The van der Waals surface area contributed by atoms with Gasteiger partial charge in [0.25, 0.3) is 0 Å². The van der Waals surface area contributed by atoms with Crippen LogP contribution in [0.3, 0.4) is 0 Å². The summed E-state index contributed by atoms with van der Waals surface area (Å²) < 4.78 is 2.65. The lowest BCUT2D eigenvalue weighted by Gasteiger charge is -2.34. The van der Waals surface area contributed by atoms with Gasteiger partial charge < -0.3 is 0 Å². The maximum atomic E-state index is 13.6. The zero-order valence-electron chi connectivity index (χ0n) is 23.5. The highest BCUT2D eigenvalue weighted by molar-refractivity contribution is 7.26. The summed E-state index contributed by atoms with van der Waals surface area (Å²) in [6.45, 7) is 4.42. The molecule has 0 atom stereocenters. The van der Waals surface area contributed by atoms with E-state index in [0.29, 0.717) is 0 Å². The van der Waals surface area contributed by atoms with Crippen molar-refractivity contribution < 1.29 is 4.79 Å². The van der Waals surface area contributed by atoms with Crippen molar-refractivity contribution >= 4 is 37.3 Å². The van der Waals surface area contributed by atoms with Crippen LogP contribution < -0.4 is 0 Å². The largest absolute Gasteiger partial charge is 0.289 e. The van der Waals surface area contributed by atoms with Crippen LogP contribution in [0.15, 0.2) is 133 Å². The lowest BCUT2D eigenvalue weighted by atomic mass is 9.68. The lowest BCUT2D eigenvalue weighted by Crippen LogP contribution is -2.30. The molecule has 1 aliphatic carbocycles. The van der Waals surface area contributed by atoms with E-state index < -0.39 is 0 Å². The van der Waals surface area contributed by atoms with E-state index in [0.717, 1.165) is 38.9 Å². The molecule has 0 unspecified atom stereocenters. The molecular weight excluding hydrogens is 529 g/mol. The van der Waals surface area contributed by atoms with Gasteiger partial charge in [-0.05, 0) is 68.8 Å². The molecule has 42 heavy (non-hydrogen) atoms. The third-order valence-electron chi connectivity index (χ3n) is 8.89. The van der Waals surface area contributed by atoms with Crippen molar-refractivity contribution in [1.82, 2.24) is 0 Å². The predicted octanol–water partition coefficient (Wildman–Crippen LogP) is 10.9. The Balaban J connectivity index is 1.19. The molecule has 0 bridgehead atoms. The molecule has 7 aromatic rings. The molecule has 1 aromatic heterocycles. The third-order valence-corrected chi connectivity index (χ3v) is 10.1. The molecule has 6 aromatic carbocycles. The number of carbonyl (C=O) groups is 1. The van der Waals surface area contributed by atoms with Crippen molar-refractivity contribution in [3.63, 3.8) is 0 Å². The Hall–Kier alpha value is -4.79. The molecule has 1 aliphatic rings. The van der Waals surface area contributed by atoms with Crippen LogP contribution >= 0.6 is 11.3 Å². The second-order valence-electron chi connectivity index (χ2n) is 11.7.